The van der Waals surface area contributed by atoms with Crippen molar-refractivity contribution in [3.63, 3.8) is 0 Å². The summed E-state index contributed by atoms with van der Waals surface area (Å²) in [4.78, 5) is 37.5. The molecule has 172 valence electrons. The van der Waals surface area contributed by atoms with E-state index in [-0.39, 0.29) is 29.8 Å². The van der Waals surface area contributed by atoms with Crippen LogP contribution in [0.15, 0.2) is 24.3 Å². The van der Waals surface area contributed by atoms with E-state index in [1.165, 1.54) is 12.5 Å². The zero-order valence-corrected chi connectivity index (χ0v) is 23.4. The normalized spacial score (nSPS) is 45.1. The van der Waals surface area contributed by atoms with Gasteiger partial charge in [-0.1, -0.05) is 0 Å². The molecule has 2 aliphatic carbocycles. The van der Waals surface area contributed by atoms with Crippen LogP contribution < -0.4 is 0 Å². The third kappa shape index (κ3) is 3.35. The number of ether oxygens (including phenoxy) is 1. The molecule has 2 saturated heterocycles. The van der Waals surface area contributed by atoms with Crippen LogP contribution in [0.1, 0.15) is 72.6 Å². The molecule has 0 amide bonds. The van der Waals surface area contributed by atoms with Gasteiger partial charge in [0.1, 0.15) is 0 Å². The Bertz CT molecular complexity index is 881. The van der Waals surface area contributed by atoms with Crippen molar-refractivity contribution in [1.29, 1.82) is 0 Å². The van der Waals surface area contributed by atoms with Gasteiger partial charge in [0, 0.05) is 0 Å². The predicted molar refractivity (Wildman–Crippen MR) is 140 cm³/mol. The molecule has 0 N–H and O–H groups in total. The molecule has 0 aromatic rings. The molecule has 6 atom stereocenters. The average Bonchev–Trinajstić information content (AvgIpc) is 2.97. The summed E-state index contributed by atoms with van der Waals surface area (Å²) in [6.45, 7) is 11.8. The fourth-order valence-corrected chi connectivity index (χ4v) is 21.1. The van der Waals surface area contributed by atoms with Gasteiger partial charge < -0.3 is 0 Å². The van der Waals surface area contributed by atoms with Gasteiger partial charge in [0.15, 0.2) is 0 Å². The molecule has 0 bridgehead atoms. The van der Waals surface area contributed by atoms with E-state index in [0.717, 1.165) is 36.5 Å². The van der Waals surface area contributed by atoms with Gasteiger partial charge in [-0.3, -0.25) is 0 Å². The van der Waals surface area contributed by atoms with Gasteiger partial charge in [0.2, 0.25) is 0 Å². The van der Waals surface area contributed by atoms with Crippen LogP contribution in [0.2, 0.25) is 0 Å². The Morgan fingerprint density at radius 1 is 1.29 bits per heavy atom. The molecule has 0 radical (unpaired) electrons. The van der Waals surface area contributed by atoms with Crippen LogP contribution in [0, 0.1) is 11.3 Å². The SMILES string of the molecule is C=CC[C@@]1(I)C[C@@H]2[C@H](CC[C@@]3(C)I2CC[C@]3(OC(C)=O)C(C)=O)[C@@]2(C)CCC(=O)C=C12. The van der Waals surface area contributed by atoms with Gasteiger partial charge in [-0.05, 0) is 0 Å². The number of Topliss-reactive ketones (excluding diaryl/α,β-unsaturated/α-hetero) is 1. The maximum absolute atomic E-state index is 13.0. The van der Waals surface area contributed by atoms with Crippen molar-refractivity contribution in [2.24, 2.45) is 11.3 Å². The zero-order valence-electron chi connectivity index (χ0n) is 19.1. The molecule has 2 heterocycles. The number of ketones is 2. The van der Waals surface area contributed by atoms with Gasteiger partial charge in [-0.25, -0.2) is 0 Å². The predicted octanol–water partition coefficient (Wildman–Crippen LogP) is 5.77. The van der Waals surface area contributed by atoms with Crippen LogP contribution >= 0.6 is 42.4 Å². The Morgan fingerprint density at radius 2 is 2.00 bits per heavy atom. The zero-order chi connectivity index (χ0) is 22.8. The Labute approximate surface area is 206 Å². The molecule has 0 spiro atoms. The first kappa shape index (κ1) is 23.9. The molecule has 4 nitrogen and oxygen atoms in total. The summed E-state index contributed by atoms with van der Waals surface area (Å²) in [5, 5.41) is 0. The van der Waals surface area contributed by atoms with Crippen molar-refractivity contribution in [2.75, 3.05) is 4.43 Å². The number of allylic oxidation sites excluding steroid dienone is 3. The second-order valence-corrected chi connectivity index (χ2v) is 19.7. The first-order valence-corrected chi connectivity index (χ1v) is 16.3. The van der Waals surface area contributed by atoms with E-state index in [2.05, 4.69) is 43.0 Å². The van der Waals surface area contributed by atoms with E-state index < -0.39 is 25.4 Å². The topological polar surface area (TPSA) is 60.4 Å². The van der Waals surface area contributed by atoms with Crippen molar-refractivity contribution in [3.05, 3.63) is 24.3 Å². The summed E-state index contributed by atoms with van der Waals surface area (Å²) >= 11 is 0.920. The van der Waals surface area contributed by atoms with Crippen LogP contribution in [-0.2, 0) is 19.1 Å². The Kier molecular flexibility index (Phi) is 6.10. The minimum absolute atomic E-state index is 0.0288. The van der Waals surface area contributed by atoms with Crippen molar-refractivity contribution in [3.8, 4) is 0 Å². The third-order valence-corrected chi connectivity index (χ3v) is 19.6. The number of fused-ring (bicyclic) bond motifs is 5. The van der Waals surface area contributed by atoms with Crippen molar-refractivity contribution < 1.29 is 19.1 Å². The molecule has 0 aromatic heterocycles. The van der Waals surface area contributed by atoms with E-state index in [1.54, 1.807) is 6.92 Å². The molecule has 0 aromatic carbocycles. The van der Waals surface area contributed by atoms with Gasteiger partial charge >= 0.3 is 208 Å². The second kappa shape index (κ2) is 7.91. The molecule has 31 heavy (non-hydrogen) atoms. The van der Waals surface area contributed by atoms with E-state index in [9.17, 15) is 14.4 Å². The van der Waals surface area contributed by atoms with E-state index in [1.807, 2.05) is 12.2 Å². The fraction of sp³-hybridized carbons (Fsp3) is 0.720. The Morgan fingerprint density at radius 3 is 2.61 bits per heavy atom. The number of carbonyl (C=O) groups excluding carboxylic acids is 3. The maximum atomic E-state index is 13.0. The Balaban J connectivity index is 1.80. The number of halogens is 2. The summed E-state index contributed by atoms with van der Waals surface area (Å²) < 4.78 is 7.35. The van der Waals surface area contributed by atoms with Crippen molar-refractivity contribution >= 4 is 59.9 Å². The number of alkyl halides is 4. The van der Waals surface area contributed by atoms with Gasteiger partial charge in [-0.2, -0.15) is 0 Å². The molecule has 4 aliphatic rings. The monoisotopic (exact) mass is 652 g/mol. The number of hydrogen-bond acceptors (Lipinski definition) is 4. The second-order valence-electron chi connectivity index (χ2n) is 10.3. The number of rotatable bonds is 4. The van der Waals surface area contributed by atoms with Crippen molar-refractivity contribution in [2.45, 2.75) is 89.0 Å². The van der Waals surface area contributed by atoms with Gasteiger partial charge in [-0.15, -0.1) is 0 Å². The van der Waals surface area contributed by atoms with Gasteiger partial charge in [0.05, 0.1) is 0 Å². The molecule has 6 heteroatoms. The minimum atomic E-state index is -1.70. The van der Waals surface area contributed by atoms with Gasteiger partial charge in [0.25, 0.3) is 0 Å². The summed E-state index contributed by atoms with van der Waals surface area (Å²) in [7, 11) is 0. The van der Waals surface area contributed by atoms with Crippen LogP contribution in [0.5, 0.6) is 0 Å². The molecule has 0 unspecified atom stereocenters. The molecule has 3 fully saturated rings. The Hall–Kier alpha value is -0.250. The first-order chi connectivity index (χ1) is 14.4. The van der Waals surface area contributed by atoms with Crippen LogP contribution in [0.25, 0.3) is 0 Å². The van der Waals surface area contributed by atoms with Crippen LogP contribution in [0.3, 0.4) is 0 Å². The van der Waals surface area contributed by atoms with Crippen molar-refractivity contribution in [1.82, 2.24) is 0 Å². The quantitative estimate of drug-likeness (QED) is 0.168. The summed E-state index contributed by atoms with van der Waals surface area (Å²) in [6.07, 6.45) is 10.2. The van der Waals surface area contributed by atoms with E-state index in [4.69, 9.17) is 4.74 Å². The van der Waals surface area contributed by atoms with Crippen LogP contribution in [-0.4, -0.2) is 38.3 Å². The third-order valence-electron chi connectivity index (χ3n) is 8.71. The number of esters is 1. The molecule has 4 rings (SSSR count). The standard InChI is InChI=1S/C25H34I2O4/c1-6-9-24(26)15-20-19(22(4)10-7-18(30)14-21(22)24)8-11-23(5)25(16(2)28,31-17(3)29)12-13-27(20)23/h6,14,19-20H,1,7-13,15H2,2-5H3/t19-,20+,22+,23+,24+,25-/m0/s1. The number of carbonyl (C=O) groups is 3. The summed E-state index contributed by atoms with van der Waals surface area (Å²) in [5.41, 5.74) is 0.457. The van der Waals surface area contributed by atoms with E-state index in [0.29, 0.717) is 22.7 Å². The first-order valence-electron chi connectivity index (χ1n) is 11.3. The summed E-state index contributed by atoms with van der Waals surface area (Å²) in [6, 6.07) is 0. The molecular weight excluding hydrogens is 618 g/mol. The number of hydrogen-bond donors (Lipinski definition) is 0. The molecule has 2 aliphatic heterocycles. The summed E-state index contributed by atoms with van der Waals surface area (Å²) in [5.74, 6) is 0.527. The van der Waals surface area contributed by atoms with Crippen LogP contribution in [0.4, 0.5) is 0 Å². The van der Waals surface area contributed by atoms with E-state index >= 15 is 0 Å². The fourth-order valence-electron chi connectivity index (χ4n) is 7.22. The molecular formula is C25H34I2O4. The molecule has 1 saturated carbocycles. The average molecular weight is 652 g/mol.